The molecule has 4 heteroatoms. The molecule has 0 aliphatic carbocycles. The van der Waals surface area contributed by atoms with Gasteiger partial charge in [0.2, 0.25) is 0 Å². The van der Waals surface area contributed by atoms with Gasteiger partial charge in [0.15, 0.2) is 11.0 Å². The Morgan fingerprint density at radius 3 is 2.45 bits per heavy atom. The summed E-state index contributed by atoms with van der Waals surface area (Å²) in [5.41, 5.74) is 1.91. The van der Waals surface area contributed by atoms with Crippen LogP contribution in [0.4, 0.5) is 0 Å². The van der Waals surface area contributed by atoms with E-state index in [4.69, 9.17) is 16.6 Å². The van der Waals surface area contributed by atoms with Crippen molar-refractivity contribution in [3.8, 4) is 11.4 Å². The third-order valence-electron chi connectivity index (χ3n) is 3.21. The van der Waals surface area contributed by atoms with E-state index in [2.05, 4.69) is 17.1 Å². The highest BCUT2D eigenvalue weighted by Crippen LogP contribution is 2.36. The molecule has 0 unspecified atom stereocenters. The highest BCUT2D eigenvalue weighted by atomic mass is 35.5. The summed E-state index contributed by atoms with van der Waals surface area (Å²) in [6.07, 6.45) is 0. The number of hydrogen-bond acceptors (Lipinski definition) is 3. The van der Waals surface area contributed by atoms with E-state index in [9.17, 15) is 0 Å². The van der Waals surface area contributed by atoms with Crippen molar-refractivity contribution in [1.82, 2.24) is 9.97 Å². The summed E-state index contributed by atoms with van der Waals surface area (Å²) < 4.78 is 2.14. The Labute approximate surface area is 124 Å². The van der Waals surface area contributed by atoms with Crippen LogP contribution in [0.25, 0.3) is 31.7 Å². The maximum absolute atomic E-state index is 6.34. The van der Waals surface area contributed by atoms with Crippen LogP contribution in [0.3, 0.4) is 0 Å². The number of nitrogens with zero attached hydrogens (tertiary/aromatic N) is 2. The smallest absolute Gasteiger partial charge is 0.161 e. The lowest BCUT2D eigenvalue weighted by Crippen LogP contribution is -1.89. The fraction of sp³-hybridized carbons (Fsp3) is 0. The second-order valence-corrected chi connectivity index (χ2v) is 5.89. The van der Waals surface area contributed by atoms with Crippen LogP contribution in [-0.4, -0.2) is 9.97 Å². The first-order chi connectivity index (χ1) is 9.83. The molecule has 0 saturated heterocycles. The first kappa shape index (κ1) is 11.8. The molecule has 4 aromatic rings. The minimum absolute atomic E-state index is 0.523. The molecule has 0 fully saturated rings. The van der Waals surface area contributed by atoms with Gasteiger partial charge in [-0.3, -0.25) is 0 Å². The van der Waals surface area contributed by atoms with Crippen LogP contribution in [0.5, 0.6) is 0 Å². The molecule has 0 amide bonds. The Bertz CT molecular complexity index is 916. The molecule has 2 nitrogen and oxygen atoms in total. The summed E-state index contributed by atoms with van der Waals surface area (Å²) in [5, 5.41) is 1.66. The number of rotatable bonds is 1. The van der Waals surface area contributed by atoms with Gasteiger partial charge >= 0.3 is 0 Å². The first-order valence-corrected chi connectivity index (χ1v) is 7.42. The van der Waals surface area contributed by atoms with Crippen molar-refractivity contribution in [2.45, 2.75) is 0 Å². The molecular weight excluding hydrogens is 288 g/mol. The molecule has 0 radical (unpaired) electrons. The summed E-state index contributed by atoms with van der Waals surface area (Å²) in [7, 11) is 0. The summed E-state index contributed by atoms with van der Waals surface area (Å²) in [5.74, 6) is 0.673. The van der Waals surface area contributed by atoms with E-state index >= 15 is 0 Å². The minimum atomic E-state index is 0.523. The maximum Gasteiger partial charge on any atom is 0.161 e. The molecule has 96 valence electrons. The molecule has 2 aromatic heterocycles. The summed E-state index contributed by atoms with van der Waals surface area (Å²) in [4.78, 5) is 9.14. The first-order valence-electron chi connectivity index (χ1n) is 6.23. The van der Waals surface area contributed by atoms with Gasteiger partial charge in [0.05, 0.1) is 10.2 Å². The molecule has 0 bridgehead atoms. The Kier molecular flexibility index (Phi) is 2.69. The highest BCUT2D eigenvalue weighted by Gasteiger charge is 2.13. The standard InChI is InChI=1S/C16H9ClN2S/c17-15-14-13(11-8-4-5-9-12(11)20-14)18-16(19-15)10-6-2-1-3-7-10/h1-9H. The normalized spacial score (nSPS) is 11.2. The number of fused-ring (bicyclic) bond motifs is 3. The fourth-order valence-corrected chi connectivity index (χ4v) is 3.58. The van der Waals surface area contributed by atoms with Gasteiger partial charge in [0.25, 0.3) is 0 Å². The van der Waals surface area contributed by atoms with Crippen LogP contribution in [0.15, 0.2) is 54.6 Å². The lowest BCUT2D eigenvalue weighted by atomic mass is 10.2. The van der Waals surface area contributed by atoms with Crippen molar-refractivity contribution in [3.63, 3.8) is 0 Å². The molecule has 0 aliphatic rings. The lowest BCUT2D eigenvalue weighted by Gasteiger charge is -2.01. The topological polar surface area (TPSA) is 25.8 Å². The van der Waals surface area contributed by atoms with E-state index in [0.29, 0.717) is 11.0 Å². The van der Waals surface area contributed by atoms with Crippen molar-refractivity contribution < 1.29 is 0 Å². The SMILES string of the molecule is Clc1nc(-c2ccccc2)nc2c1sc1ccccc12. The van der Waals surface area contributed by atoms with E-state index in [1.807, 2.05) is 42.5 Å². The van der Waals surface area contributed by atoms with Crippen molar-refractivity contribution in [1.29, 1.82) is 0 Å². The van der Waals surface area contributed by atoms with Crippen LogP contribution < -0.4 is 0 Å². The lowest BCUT2D eigenvalue weighted by molar-refractivity contribution is 1.24. The number of aromatic nitrogens is 2. The van der Waals surface area contributed by atoms with Crippen molar-refractivity contribution in [2.24, 2.45) is 0 Å². The van der Waals surface area contributed by atoms with Gasteiger partial charge in [0, 0.05) is 15.6 Å². The minimum Gasteiger partial charge on any atom is -0.226 e. The largest absolute Gasteiger partial charge is 0.226 e. The van der Waals surface area contributed by atoms with E-state index < -0.39 is 0 Å². The molecule has 0 N–H and O–H groups in total. The van der Waals surface area contributed by atoms with Crippen LogP contribution in [0.2, 0.25) is 5.15 Å². The van der Waals surface area contributed by atoms with E-state index in [-0.39, 0.29) is 0 Å². The van der Waals surface area contributed by atoms with Gasteiger partial charge in [0.1, 0.15) is 0 Å². The van der Waals surface area contributed by atoms with Gasteiger partial charge in [-0.1, -0.05) is 60.1 Å². The van der Waals surface area contributed by atoms with Crippen molar-refractivity contribution in [2.75, 3.05) is 0 Å². The van der Waals surface area contributed by atoms with Crippen LogP contribution in [0.1, 0.15) is 0 Å². The maximum atomic E-state index is 6.34. The molecule has 20 heavy (non-hydrogen) atoms. The van der Waals surface area contributed by atoms with Gasteiger partial charge < -0.3 is 0 Å². The third-order valence-corrected chi connectivity index (χ3v) is 4.76. The summed E-state index contributed by atoms with van der Waals surface area (Å²) >= 11 is 7.98. The number of halogens is 1. The van der Waals surface area contributed by atoms with Crippen molar-refractivity contribution >= 4 is 43.2 Å². The third kappa shape index (κ3) is 1.79. The second-order valence-electron chi connectivity index (χ2n) is 4.48. The van der Waals surface area contributed by atoms with Gasteiger partial charge in [-0.2, -0.15) is 0 Å². The monoisotopic (exact) mass is 296 g/mol. The average Bonchev–Trinajstić information content (AvgIpc) is 2.88. The average molecular weight is 297 g/mol. The highest BCUT2D eigenvalue weighted by molar-refractivity contribution is 7.26. The number of hydrogen-bond donors (Lipinski definition) is 0. The predicted molar refractivity (Wildman–Crippen MR) is 85.4 cm³/mol. The molecule has 0 aliphatic heterocycles. The second kappa shape index (κ2) is 4.54. The molecule has 0 saturated carbocycles. The zero-order valence-corrected chi connectivity index (χ0v) is 11.9. The molecule has 2 aromatic carbocycles. The summed E-state index contributed by atoms with van der Waals surface area (Å²) in [6.45, 7) is 0. The molecular formula is C16H9ClN2S. The van der Waals surface area contributed by atoms with E-state index in [1.165, 1.54) is 4.70 Å². The molecule has 4 rings (SSSR count). The predicted octanol–water partition coefficient (Wildman–Crippen LogP) is 5.16. The Balaban J connectivity index is 2.08. The molecule has 2 heterocycles. The Hall–Kier alpha value is -1.97. The van der Waals surface area contributed by atoms with Gasteiger partial charge in [-0.15, -0.1) is 11.3 Å². The van der Waals surface area contributed by atoms with E-state index in [0.717, 1.165) is 21.2 Å². The summed E-state index contributed by atoms with van der Waals surface area (Å²) in [6, 6.07) is 18.1. The van der Waals surface area contributed by atoms with E-state index in [1.54, 1.807) is 11.3 Å². The van der Waals surface area contributed by atoms with Crippen LogP contribution in [-0.2, 0) is 0 Å². The van der Waals surface area contributed by atoms with Gasteiger partial charge in [-0.05, 0) is 6.07 Å². The molecule has 0 atom stereocenters. The zero-order valence-electron chi connectivity index (χ0n) is 10.4. The fourth-order valence-electron chi connectivity index (χ4n) is 2.27. The van der Waals surface area contributed by atoms with Crippen molar-refractivity contribution in [3.05, 3.63) is 59.8 Å². The number of thiophene rings is 1. The van der Waals surface area contributed by atoms with Crippen LogP contribution in [0, 0.1) is 0 Å². The Morgan fingerprint density at radius 2 is 1.60 bits per heavy atom. The molecule has 0 spiro atoms. The van der Waals surface area contributed by atoms with Gasteiger partial charge in [-0.25, -0.2) is 9.97 Å². The van der Waals surface area contributed by atoms with Crippen LogP contribution >= 0.6 is 22.9 Å². The quantitative estimate of drug-likeness (QED) is 0.453. The Morgan fingerprint density at radius 1 is 0.850 bits per heavy atom. The zero-order chi connectivity index (χ0) is 13.5. The number of benzene rings is 2.